The van der Waals surface area contributed by atoms with Gasteiger partial charge in [-0.3, -0.25) is 0 Å². The molecular weight excluding hydrogens is 198 g/mol. The predicted molar refractivity (Wildman–Crippen MR) is 19.6 cm³/mol. The maximum Gasteiger partial charge on any atom is 0 e. The van der Waals surface area contributed by atoms with Crippen LogP contribution in [-0.2, 0) is 34.1 Å². The van der Waals surface area contributed by atoms with Crippen molar-refractivity contribution in [1.82, 2.24) is 0 Å². The molecule has 0 aromatic rings. The number of rotatable bonds is 0. The van der Waals surface area contributed by atoms with Gasteiger partial charge in [0.25, 0.3) is 0 Å². The molecule has 0 aromatic carbocycles. The monoisotopic (exact) mass is 202 g/mol. The van der Waals surface area contributed by atoms with E-state index >= 15 is 0 Å². The molecule has 0 spiro atoms. The van der Waals surface area contributed by atoms with E-state index in [0.29, 0.717) is 0 Å². The van der Waals surface area contributed by atoms with Crippen LogP contribution in [0.15, 0.2) is 0 Å². The molecule has 0 saturated carbocycles. The largest absolute Gasteiger partial charge is 0 e. The van der Waals surface area contributed by atoms with E-state index < -0.39 is 0 Å². The Morgan fingerprint density at radius 2 is 0.750 bits per heavy atom. The second-order valence-electron chi connectivity index (χ2n) is 0. The molecule has 1 unspecified atom stereocenters. The van der Waals surface area contributed by atoms with Gasteiger partial charge in [-0.05, 0) is 0 Å². The average Bonchev–Trinajstić information content (AvgIpc) is 0. The molecule has 0 aliphatic carbocycles. The molecule has 0 aliphatic heterocycles. The third kappa shape index (κ3) is 8.83. The summed E-state index contributed by atoms with van der Waals surface area (Å²) in [5.74, 6) is 0. The first-order valence-electron chi connectivity index (χ1n) is 0. The molecule has 4 heavy (non-hydrogen) atoms. The Bertz CT molecular complexity index is 6.00. The Morgan fingerprint density at radius 3 is 0.750 bits per heavy atom. The SMILES string of the molecule is P.[CaH2].[Cu].[Cu]. The quantitative estimate of drug-likeness (QED) is 0.355. The number of hydrogen-bond acceptors (Lipinski definition) is 0. The third-order valence-corrected chi connectivity index (χ3v) is 0. The van der Waals surface area contributed by atoms with Gasteiger partial charge in [0.2, 0.25) is 0 Å². The van der Waals surface area contributed by atoms with Crippen molar-refractivity contribution < 1.29 is 34.1 Å². The van der Waals surface area contributed by atoms with Crippen molar-refractivity contribution in [3.05, 3.63) is 0 Å². The average molecular weight is 203 g/mol. The van der Waals surface area contributed by atoms with E-state index in [1.54, 1.807) is 0 Å². The fraction of sp³-hybridized carbons (Fsp3) is 0. The second-order valence-corrected chi connectivity index (χ2v) is 0. The first-order valence-corrected chi connectivity index (χ1v) is 0. The molecule has 0 rings (SSSR count). The van der Waals surface area contributed by atoms with Crippen molar-refractivity contribution in [1.29, 1.82) is 0 Å². The van der Waals surface area contributed by atoms with Crippen molar-refractivity contribution in [2.75, 3.05) is 0 Å². The van der Waals surface area contributed by atoms with Gasteiger partial charge in [-0.2, -0.15) is 9.90 Å². The summed E-state index contributed by atoms with van der Waals surface area (Å²) in [6.07, 6.45) is 0. The van der Waals surface area contributed by atoms with E-state index in [1.165, 1.54) is 0 Å². The second kappa shape index (κ2) is 17.2. The molecule has 0 fully saturated rings. The maximum absolute atomic E-state index is 0. The topological polar surface area (TPSA) is 0 Å². The molecule has 0 nitrogen and oxygen atoms in total. The fourth-order valence-corrected chi connectivity index (χ4v) is 0. The van der Waals surface area contributed by atoms with Gasteiger partial charge in [0.15, 0.2) is 0 Å². The van der Waals surface area contributed by atoms with Crippen molar-refractivity contribution in [2.45, 2.75) is 0 Å². The van der Waals surface area contributed by atoms with Crippen LogP contribution in [0, 0.1) is 0 Å². The zero-order valence-corrected chi connectivity index (χ0v) is 4.61. The van der Waals surface area contributed by atoms with Crippen LogP contribution in [0.2, 0.25) is 0 Å². The Labute approximate surface area is 80.4 Å². The van der Waals surface area contributed by atoms with Crippen molar-refractivity contribution >= 4 is 47.6 Å². The Morgan fingerprint density at radius 1 is 0.750 bits per heavy atom. The molecule has 34 valence electrons. The molecule has 0 N–H and O–H groups in total. The summed E-state index contributed by atoms with van der Waals surface area (Å²) in [5.41, 5.74) is 0. The van der Waals surface area contributed by atoms with Crippen LogP contribution in [-0.4, -0.2) is 37.7 Å². The van der Waals surface area contributed by atoms with E-state index in [9.17, 15) is 0 Å². The van der Waals surface area contributed by atoms with Gasteiger partial charge in [-0.25, -0.2) is 0 Å². The van der Waals surface area contributed by atoms with E-state index in [-0.39, 0.29) is 81.8 Å². The molecule has 0 aliphatic rings. The van der Waals surface area contributed by atoms with E-state index in [1.807, 2.05) is 0 Å². The minimum absolute atomic E-state index is 0. The van der Waals surface area contributed by atoms with Gasteiger partial charge in [0.1, 0.15) is 0 Å². The van der Waals surface area contributed by atoms with Crippen LogP contribution >= 0.6 is 9.90 Å². The Hall–Kier alpha value is 2.73. The third-order valence-electron chi connectivity index (χ3n) is 0. The Kier molecular flexibility index (Phi) is 128. The normalized spacial score (nSPS) is 0. The van der Waals surface area contributed by atoms with Crippen LogP contribution in [0.3, 0.4) is 0 Å². The van der Waals surface area contributed by atoms with Gasteiger partial charge in [0, 0.05) is 34.1 Å². The van der Waals surface area contributed by atoms with Gasteiger partial charge in [-0.1, -0.05) is 0 Å². The molecule has 0 amide bonds. The first-order chi connectivity index (χ1) is 0. The van der Waals surface area contributed by atoms with Crippen LogP contribution in [0.1, 0.15) is 0 Å². The Balaban J connectivity index is 0. The minimum Gasteiger partial charge on any atom is 0 e. The van der Waals surface area contributed by atoms with Crippen LogP contribution < -0.4 is 0 Å². The smallest absolute Gasteiger partial charge is 0 e. The van der Waals surface area contributed by atoms with Crippen molar-refractivity contribution in [2.24, 2.45) is 0 Å². The van der Waals surface area contributed by atoms with E-state index in [2.05, 4.69) is 0 Å². The maximum atomic E-state index is 0. The summed E-state index contributed by atoms with van der Waals surface area (Å²) in [6.45, 7) is 0. The van der Waals surface area contributed by atoms with Crippen LogP contribution in [0.4, 0.5) is 0 Å². The van der Waals surface area contributed by atoms with Crippen LogP contribution in [0.25, 0.3) is 0 Å². The van der Waals surface area contributed by atoms with Crippen molar-refractivity contribution in [3.63, 3.8) is 0 Å². The molecule has 0 saturated heterocycles. The molecule has 2 radical (unpaired) electrons. The standard InChI is InChI=1S/Ca.2Cu.H3P.2H/h;;;1H3;;. The van der Waals surface area contributed by atoms with Gasteiger partial charge in [-0.15, -0.1) is 0 Å². The van der Waals surface area contributed by atoms with E-state index in [0.717, 1.165) is 0 Å². The number of hydrogen-bond donors (Lipinski definition) is 0. The van der Waals surface area contributed by atoms with Crippen molar-refractivity contribution in [3.8, 4) is 0 Å². The predicted octanol–water partition coefficient (Wildman–Crippen LogP) is -0.863. The molecule has 0 bridgehead atoms. The zero-order chi connectivity index (χ0) is 0. The first kappa shape index (κ1) is 29.7. The summed E-state index contributed by atoms with van der Waals surface area (Å²) in [4.78, 5) is 0. The summed E-state index contributed by atoms with van der Waals surface area (Å²) in [6, 6.07) is 0. The summed E-state index contributed by atoms with van der Waals surface area (Å²) in [5, 5.41) is 0. The molecule has 1 atom stereocenters. The zero-order valence-electron chi connectivity index (χ0n) is 1.31. The summed E-state index contributed by atoms with van der Waals surface area (Å²) >= 11 is 0. The minimum atomic E-state index is 0. The van der Waals surface area contributed by atoms with Gasteiger partial charge >= 0.3 is 37.7 Å². The van der Waals surface area contributed by atoms with Crippen LogP contribution in [0.5, 0.6) is 0 Å². The van der Waals surface area contributed by atoms with Gasteiger partial charge in [0.05, 0.1) is 0 Å². The summed E-state index contributed by atoms with van der Waals surface area (Å²) in [7, 11) is 0. The van der Waals surface area contributed by atoms with Gasteiger partial charge < -0.3 is 0 Å². The fourth-order valence-electron chi connectivity index (χ4n) is 0. The van der Waals surface area contributed by atoms with E-state index in [4.69, 9.17) is 0 Å². The molecule has 0 heterocycles. The molecule has 4 heteroatoms. The molecule has 0 aromatic heterocycles. The molecular formula is H5CaCu2P. The summed E-state index contributed by atoms with van der Waals surface area (Å²) < 4.78 is 0.